The molecule has 0 spiro atoms. The molecule has 1 heteroatoms. The predicted molar refractivity (Wildman–Crippen MR) is 38.6 cm³/mol. The van der Waals surface area contributed by atoms with Crippen LogP contribution in [0.1, 0.15) is 34.1 Å². The van der Waals surface area contributed by atoms with Crippen LogP contribution in [-0.2, 0) is 32.7 Å². The first-order valence-electron chi connectivity index (χ1n) is 3.25. The quantitative estimate of drug-likeness (QED) is 0.573. The van der Waals surface area contributed by atoms with Gasteiger partial charge in [-0.05, 0) is 5.41 Å². The van der Waals surface area contributed by atoms with Gasteiger partial charge >= 0.3 is 0 Å². The van der Waals surface area contributed by atoms with Gasteiger partial charge in [0.2, 0.25) is 0 Å². The Morgan fingerprint density at radius 3 is 1.67 bits per heavy atom. The van der Waals surface area contributed by atoms with Crippen molar-refractivity contribution in [3.8, 4) is 0 Å². The van der Waals surface area contributed by atoms with E-state index in [9.17, 15) is 0 Å². The average molecular weight is 202 g/mol. The maximum absolute atomic E-state index is 3.92. The zero-order valence-corrected chi connectivity index (χ0v) is 9.91. The second kappa shape index (κ2) is 4.85. The molecular weight excluding hydrogens is 185 g/mol. The molecule has 0 nitrogen and oxygen atoms in total. The number of hydrogen-bond donors (Lipinski definition) is 0. The normalized spacial score (nSPS) is 14.3. The van der Waals surface area contributed by atoms with E-state index in [2.05, 4.69) is 34.6 Å². The predicted octanol–water partition coefficient (Wildman–Crippen LogP) is 2.89. The van der Waals surface area contributed by atoms with E-state index in [1.807, 2.05) is 0 Å². The summed E-state index contributed by atoms with van der Waals surface area (Å²) in [4.78, 5) is 0. The van der Waals surface area contributed by atoms with Gasteiger partial charge in [-0.2, -0.15) is 5.92 Å². The van der Waals surface area contributed by atoms with Crippen LogP contribution in [0.3, 0.4) is 0 Å². The van der Waals surface area contributed by atoms with Crippen molar-refractivity contribution in [2.75, 3.05) is 0 Å². The molecular formula is C8H17Y-. The maximum Gasteiger partial charge on any atom is 0 e. The fraction of sp³-hybridized carbons (Fsp3) is 0.875. The van der Waals surface area contributed by atoms with Crippen LogP contribution in [0.4, 0.5) is 0 Å². The van der Waals surface area contributed by atoms with Gasteiger partial charge in [-0.25, -0.2) is 0 Å². The van der Waals surface area contributed by atoms with Crippen molar-refractivity contribution in [3.05, 3.63) is 6.92 Å². The molecule has 0 amide bonds. The Labute approximate surface area is 84.7 Å². The summed E-state index contributed by atoms with van der Waals surface area (Å²) in [5.41, 5.74) is 0.459. The van der Waals surface area contributed by atoms with Gasteiger partial charge in [-0.15, -0.1) is 0 Å². The maximum atomic E-state index is 3.92. The van der Waals surface area contributed by atoms with Crippen LogP contribution in [0.15, 0.2) is 0 Å². The molecule has 0 saturated carbocycles. The molecule has 0 fully saturated rings. The summed E-state index contributed by atoms with van der Waals surface area (Å²) in [6.45, 7) is 12.8. The van der Waals surface area contributed by atoms with Gasteiger partial charge < -0.3 is 6.92 Å². The molecule has 0 heterocycles. The molecule has 0 saturated heterocycles. The second-order valence-corrected chi connectivity index (χ2v) is 3.87. The first-order chi connectivity index (χ1) is 3.42. The Bertz CT molecular complexity index is 59.5. The first-order valence-corrected chi connectivity index (χ1v) is 3.25. The summed E-state index contributed by atoms with van der Waals surface area (Å²) in [6, 6.07) is 0. The zero-order valence-electron chi connectivity index (χ0n) is 7.07. The van der Waals surface area contributed by atoms with Crippen LogP contribution >= 0.6 is 0 Å². The van der Waals surface area contributed by atoms with Gasteiger partial charge in [0.05, 0.1) is 0 Å². The number of rotatable bonds is 1. The summed E-state index contributed by atoms with van der Waals surface area (Å²) in [7, 11) is 0. The molecule has 53 valence electrons. The summed E-state index contributed by atoms with van der Waals surface area (Å²) < 4.78 is 0. The minimum absolute atomic E-state index is 0. The first kappa shape index (κ1) is 12.8. The standard InChI is InChI=1S/C8H17.Y/c1-7(2)6-8(3,4)5;/h7H,1,6H2,2-5H3;/q-1;. The third-order valence-electron chi connectivity index (χ3n) is 0.961. The number of hydrogen-bond acceptors (Lipinski definition) is 0. The Hall–Kier alpha value is 1.10. The molecule has 0 aromatic carbocycles. The summed E-state index contributed by atoms with van der Waals surface area (Å²) in [5.74, 6) is 0.593. The van der Waals surface area contributed by atoms with Crippen LogP contribution in [0.25, 0.3) is 0 Å². The molecule has 1 unspecified atom stereocenters. The van der Waals surface area contributed by atoms with Gasteiger partial charge in [0.15, 0.2) is 0 Å². The third kappa shape index (κ3) is 12.3. The van der Waals surface area contributed by atoms with Gasteiger partial charge in [0.1, 0.15) is 0 Å². The van der Waals surface area contributed by atoms with E-state index in [4.69, 9.17) is 0 Å². The minimum Gasteiger partial charge on any atom is -0.341 e. The summed E-state index contributed by atoms with van der Waals surface area (Å²) in [6.07, 6.45) is 1.22. The SMILES string of the molecule is [CH2-]C(C)CC(C)(C)C.[Y]. The molecule has 0 aliphatic carbocycles. The fourth-order valence-corrected chi connectivity index (χ4v) is 1.05. The zero-order chi connectivity index (χ0) is 6.78. The van der Waals surface area contributed by atoms with Gasteiger partial charge in [-0.1, -0.05) is 34.1 Å². The van der Waals surface area contributed by atoms with E-state index in [1.165, 1.54) is 6.42 Å². The Kier molecular flexibility index (Phi) is 6.87. The topological polar surface area (TPSA) is 0 Å². The van der Waals surface area contributed by atoms with E-state index in [0.717, 1.165) is 0 Å². The Morgan fingerprint density at radius 1 is 1.33 bits per heavy atom. The molecule has 0 rings (SSSR count). The van der Waals surface area contributed by atoms with Crippen molar-refractivity contribution in [1.82, 2.24) is 0 Å². The van der Waals surface area contributed by atoms with Crippen molar-refractivity contribution in [1.29, 1.82) is 0 Å². The van der Waals surface area contributed by atoms with Crippen molar-refractivity contribution < 1.29 is 32.7 Å². The van der Waals surface area contributed by atoms with Crippen LogP contribution in [-0.4, -0.2) is 0 Å². The monoisotopic (exact) mass is 202 g/mol. The van der Waals surface area contributed by atoms with Crippen molar-refractivity contribution >= 4 is 0 Å². The van der Waals surface area contributed by atoms with E-state index in [1.54, 1.807) is 0 Å². The average Bonchev–Trinajstić information content (AvgIpc) is 1.21. The summed E-state index contributed by atoms with van der Waals surface area (Å²) in [5, 5.41) is 0. The molecule has 0 aliphatic rings. The summed E-state index contributed by atoms with van der Waals surface area (Å²) >= 11 is 0. The van der Waals surface area contributed by atoms with Gasteiger partial charge in [0, 0.05) is 32.7 Å². The van der Waals surface area contributed by atoms with E-state index < -0.39 is 0 Å². The van der Waals surface area contributed by atoms with Gasteiger partial charge in [-0.3, -0.25) is 0 Å². The van der Waals surface area contributed by atoms with E-state index >= 15 is 0 Å². The van der Waals surface area contributed by atoms with Crippen LogP contribution < -0.4 is 0 Å². The van der Waals surface area contributed by atoms with Crippen LogP contribution in [0, 0.1) is 18.3 Å². The molecule has 0 aromatic rings. The van der Waals surface area contributed by atoms with Crippen molar-refractivity contribution in [3.63, 3.8) is 0 Å². The molecule has 0 N–H and O–H groups in total. The second-order valence-electron chi connectivity index (χ2n) is 3.87. The smallest absolute Gasteiger partial charge is 0 e. The van der Waals surface area contributed by atoms with Crippen LogP contribution in [0.2, 0.25) is 0 Å². The molecule has 0 bridgehead atoms. The fourth-order valence-electron chi connectivity index (χ4n) is 1.05. The van der Waals surface area contributed by atoms with Gasteiger partial charge in [0.25, 0.3) is 0 Å². The molecule has 0 aromatic heterocycles. The molecule has 0 aliphatic heterocycles. The largest absolute Gasteiger partial charge is 0.341 e. The van der Waals surface area contributed by atoms with E-state index in [0.29, 0.717) is 11.3 Å². The van der Waals surface area contributed by atoms with E-state index in [-0.39, 0.29) is 32.7 Å². The molecule has 9 heavy (non-hydrogen) atoms. The molecule has 1 radical (unpaired) electrons. The van der Waals surface area contributed by atoms with Crippen LogP contribution in [0.5, 0.6) is 0 Å². The van der Waals surface area contributed by atoms with Crippen molar-refractivity contribution in [2.45, 2.75) is 34.1 Å². The molecule has 1 atom stereocenters. The minimum atomic E-state index is 0. The van der Waals surface area contributed by atoms with Crippen molar-refractivity contribution in [2.24, 2.45) is 11.3 Å². The Balaban J connectivity index is 0. The Morgan fingerprint density at radius 2 is 1.67 bits per heavy atom. The third-order valence-corrected chi connectivity index (χ3v) is 0.961.